The van der Waals surface area contributed by atoms with Gasteiger partial charge in [-0.05, 0) is 48.6 Å². The van der Waals surface area contributed by atoms with Crippen LogP contribution < -0.4 is 10.2 Å². The largest absolute Gasteiger partial charge is 0.356 e. The maximum Gasteiger partial charge on any atom is 0.223 e. The molecule has 0 atom stereocenters. The smallest absolute Gasteiger partial charge is 0.223 e. The molecule has 0 saturated carbocycles. The number of aromatic nitrogens is 4. The first-order valence-electron chi connectivity index (χ1n) is 12.2. The fraction of sp³-hybridized carbons (Fsp3) is 0.286. The number of piperidine rings is 1. The Morgan fingerprint density at radius 3 is 2.06 bits per heavy atom. The van der Waals surface area contributed by atoms with Crippen LogP contribution in [0.25, 0.3) is 5.82 Å². The third kappa shape index (κ3) is 5.57. The lowest BCUT2D eigenvalue weighted by Crippen LogP contribution is -2.41. The zero-order valence-corrected chi connectivity index (χ0v) is 19.7. The quantitative estimate of drug-likeness (QED) is 0.421. The van der Waals surface area contributed by atoms with E-state index in [0.717, 1.165) is 38.2 Å². The van der Waals surface area contributed by atoms with Crippen molar-refractivity contribution in [2.75, 3.05) is 24.5 Å². The van der Waals surface area contributed by atoms with E-state index in [1.165, 1.54) is 11.1 Å². The molecule has 7 heteroatoms. The van der Waals surface area contributed by atoms with Gasteiger partial charge in [-0.2, -0.15) is 5.10 Å². The van der Waals surface area contributed by atoms with Gasteiger partial charge >= 0.3 is 0 Å². The summed E-state index contributed by atoms with van der Waals surface area (Å²) in [4.78, 5) is 15.1. The maximum atomic E-state index is 12.9. The van der Waals surface area contributed by atoms with E-state index < -0.39 is 0 Å². The van der Waals surface area contributed by atoms with Crippen molar-refractivity contribution in [1.82, 2.24) is 25.3 Å². The highest BCUT2D eigenvalue weighted by Gasteiger charge is 2.26. The van der Waals surface area contributed by atoms with Crippen molar-refractivity contribution in [3.8, 4) is 5.82 Å². The fourth-order valence-corrected chi connectivity index (χ4v) is 4.76. The van der Waals surface area contributed by atoms with E-state index in [4.69, 9.17) is 0 Å². The molecule has 1 aliphatic rings. The van der Waals surface area contributed by atoms with Crippen LogP contribution >= 0.6 is 0 Å². The lowest BCUT2D eigenvalue weighted by Gasteiger charge is -2.32. The topological polar surface area (TPSA) is 75.9 Å². The second-order valence-electron chi connectivity index (χ2n) is 8.92. The van der Waals surface area contributed by atoms with Crippen LogP contribution in [-0.2, 0) is 4.79 Å². The summed E-state index contributed by atoms with van der Waals surface area (Å²) in [5, 5.41) is 16.0. The molecule has 2 aromatic heterocycles. The second-order valence-corrected chi connectivity index (χ2v) is 8.92. The molecule has 1 amide bonds. The summed E-state index contributed by atoms with van der Waals surface area (Å²) >= 11 is 0. The molecule has 0 unspecified atom stereocenters. The normalized spacial score (nSPS) is 14.3. The lowest BCUT2D eigenvalue weighted by molar-refractivity contribution is -0.125. The molecule has 0 spiro atoms. The Labute approximate surface area is 205 Å². The highest BCUT2D eigenvalue weighted by atomic mass is 16.1. The third-order valence-electron chi connectivity index (χ3n) is 6.70. The minimum Gasteiger partial charge on any atom is -0.356 e. The Morgan fingerprint density at radius 2 is 1.49 bits per heavy atom. The van der Waals surface area contributed by atoms with Gasteiger partial charge in [0.25, 0.3) is 0 Å². The number of benzene rings is 2. The molecule has 178 valence electrons. The van der Waals surface area contributed by atoms with E-state index >= 15 is 0 Å². The van der Waals surface area contributed by atoms with Crippen molar-refractivity contribution in [2.24, 2.45) is 5.92 Å². The van der Waals surface area contributed by atoms with Crippen LogP contribution in [0.1, 0.15) is 36.3 Å². The average Bonchev–Trinajstić information content (AvgIpc) is 3.47. The summed E-state index contributed by atoms with van der Waals surface area (Å²) in [5.41, 5.74) is 2.56. The van der Waals surface area contributed by atoms with Gasteiger partial charge in [-0.1, -0.05) is 60.7 Å². The van der Waals surface area contributed by atoms with Crippen LogP contribution in [-0.4, -0.2) is 45.5 Å². The fourth-order valence-electron chi connectivity index (χ4n) is 4.76. The number of carbonyl (C=O) groups is 1. The maximum absolute atomic E-state index is 12.9. The van der Waals surface area contributed by atoms with Gasteiger partial charge in [-0.15, -0.1) is 10.2 Å². The summed E-state index contributed by atoms with van der Waals surface area (Å²) in [6, 6.07) is 26.8. The van der Waals surface area contributed by atoms with Crippen molar-refractivity contribution in [3.05, 3.63) is 102 Å². The molecule has 5 rings (SSSR count). The van der Waals surface area contributed by atoms with E-state index in [2.05, 4.69) is 74.0 Å². The van der Waals surface area contributed by atoms with Gasteiger partial charge in [0, 0.05) is 43.9 Å². The minimum atomic E-state index is 0.0365. The molecule has 1 fully saturated rings. The van der Waals surface area contributed by atoms with Crippen molar-refractivity contribution >= 4 is 11.7 Å². The first kappa shape index (κ1) is 22.8. The zero-order chi connectivity index (χ0) is 23.9. The standard InChI is InChI=1S/C28H30N6O/c35-28(29-18-14-25(22-8-3-1-4-9-22)23-10-5-2-6-11-23)24-15-20-33(21-16-24)26-12-13-27(32-31-26)34-19-7-17-30-34/h1-13,17,19,24-25H,14-16,18,20-21H2,(H,29,35). The third-order valence-corrected chi connectivity index (χ3v) is 6.70. The predicted molar refractivity (Wildman–Crippen MR) is 136 cm³/mol. The number of carbonyl (C=O) groups excluding carboxylic acids is 1. The molecule has 3 heterocycles. The molecule has 4 aromatic rings. The Bertz CT molecular complexity index is 1150. The van der Waals surface area contributed by atoms with Crippen LogP contribution in [0.2, 0.25) is 0 Å². The Morgan fingerprint density at radius 1 is 0.857 bits per heavy atom. The SMILES string of the molecule is O=C(NCCC(c1ccccc1)c1ccccc1)C1CCN(c2ccc(-n3cccn3)nn2)CC1. The molecule has 1 N–H and O–H groups in total. The number of nitrogens with one attached hydrogen (secondary N) is 1. The molecule has 1 aliphatic heterocycles. The summed E-state index contributed by atoms with van der Waals surface area (Å²) in [5.74, 6) is 1.99. The van der Waals surface area contributed by atoms with E-state index in [1.54, 1.807) is 10.9 Å². The molecular formula is C28H30N6O. The van der Waals surface area contributed by atoms with Crippen molar-refractivity contribution < 1.29 is 4.79 Å². The lowest BCUT2D eigenvalue weighted by atomic mass is 9.88. The van der Waals surface area contributed by atoms with Gasteiger partial charge in [0.1, 0.15) is 0 Å². The number of hydrogen-bond donors (Lipinski definition) is 1. The highest BCUT2D eigenvalue weighted by Crippen LogP contribution is 2.28. The highest BCUT2D eigenvalue weighted by molar-refractivity contribution is 5.79. The minimum absolute atomic E-state index is 0.0365. The van der Waals surface area contributed by atoms with Gasteiger partial charge in [-0.25, -0.2) is 4.68 Å². The van der Waals surface area contributed by atoms with E-state index in [-0.39, 0.29) is 17.7 Å². The number of rotatable bonds is 8. The van der Waals surface area contributed by atoms with Gasteiger partial charge in [-0.3, -0.25) is 4.79 Å². The van der Waals surface area contributed by atoms with Gasteiger partial charge < -0.3 is 10.2 Å². The van der Waals surface area contributed by atoms with Crippen LogP contribution in [0, 0.1) is 5.92 Å². The second kappa shape index (κ2) is 11.0. The monoisotopic (exact) mass is 466 g/mol. The molecule has 7 nitrogen and oxygen atoms in total. The van der Waals surface area contributed by atoms with E-state index in [9.17, 15) is 4.79 Å². The molecule has 0 radical (unpaired) electrons. The molecule has 1 saturated heterocycles. The summed E-state index contributed by atoms with van der Waals surface area (Å²) in [6.45, 7) is 2.25. The van der Waals surface area contributed by atoms with Crippen molar-refractivity contribution in [2.45, 2.75) is 25.2 Å². The molecule has 35 heavy (non-hydrogen) atoms. The number of hydrogen-bond acceptors (Lipinski definition) is 5. The average molecular weight is 467 g/mol. The molecule has 0 aliphatic carbocycles. The van der Waals surface area contributed by atoms with Crippen LogP contribution in [0.15, 0.2) is 91.3 Å². The predicted octanol–water partition coefficient (Wildman–Crippen LogP) is 4.22. The van der Waals surface area contributed by atoms with Crippen LogP contribution in [0.5, 0.6) is 0 Å². The Kier molecular flexibility index (Phi) is 7.13. The Hall–Kier alpha value is -4.00. The van der Waals surface area contributed by atoms with E-state index in [1.807, 2.05) is 36.5 Å². The molecular weight excluding hydrogens is 436 g/mol. The van der Waals surface area contributed by atoms with Gasteiger partial charge in [0.2, 0.25) is 5.91 Å². The number of amides is 1. The number of anilines is 1. The first-order valence-corrected chi connectivity index (χ1v) is 12.2. The van der Waals surface area contributed by atoms with Crippen LogP contribution in [0.4, 0.5) is 5.82 Å². The van der Waals surface area contributed by atoms with Gasteiger partial charge in [0.15, 0.2) is 11.6 Å². The van der Waals surface area contributed by atoms with Crippen molar-refractivity contribution in [1.29, 1.82) is 0 Å². The summed E-state index contributed by atoms with van der Waals surface area (Å²) < 4.78 is 1.69. The summed E-state index contributed by atoms with van der Waals surface area (Å²) in [6.07, 6.45) is 6.06. The summed E-state index contributed by atoms with van der Waals surface area (Å²) in [7, 11) is 0. The molecule has 2 aromatic carbocycles. The van der Waals surface area contributed by atoms with Gasteiger partial charge in [0.05, 0.1) is 0 Å². The first-order chi connectivity index (χ1) is 17.3. The van der Waals surface area contributed by atoms with E-state index in [0.29, 0.717) is 12.4 Å². The van der Waals surface area contributed by atoms with Crippen molar-refractivity contribution in [3.63, 3.8) is 0 Å². The molecule has 0 bridgehead atoms. The van der Waals surface area contributed by atoms with Crippen LogP contribution in [0.3, 0.4) is 0 Å². The zero-order valence-electron chi connectivity index (χ0n) is 19.7. The number of nitrogens with zero attached hydrogens (tertiary/aromatic N) is 5. The Balaban J connectivity index is 1.12.